The Labute approximate surface area is 138 Å². The predicted octanol–water partition coefficient (Wildman–Crippen LogP) is 5.02. The van der Waals surface area contributed by atoms with Crippen LogP contribution in [0, 0.1) is 0 Å². The molecule has 2 N–H and O–H groups in total. The Bertz CT molecular complexity index is 963. The number of nitrogens with one attached hydrogen (secondary N) is 2. The zero-order valence-electron chi connectivity index (χ0n) is 12.1. The van der Waals surface area contributed by atoms with Crippen LogP contribution in [0.4, 0.5) is 11.6 Å². The van der Waals surface area contributed by atoms with Gasteiger partial charge in [0.1, 0.15) is 0 Å². The van der Waals surface area contributed by atoms with Crippen molar-refractivity contribution in [3.8, 4) is 11.3 Å². The molecule has 23 heavy (non-hydrogen) atoms. The minimum atomic E-state index is 0.551. The summed E-state index contributed by atoms with van der Waals surface area (Å²) in [6, 6.07) is 17.5. The van der Waals surface area contributed by atoms with E-state index in [4.69, 9.17) is 11.6 Å². The van der Waals surface area contributed by atoms with E-state index in [9.17, 15) is 0 Å². The second-order valence-corrected chi connectivity index (χ2v) is 5.53. The number of fused-ring (bicyclic) bond motifs is 1. The van der Waals surface area contributed by atoms with Crippen LogP contribution in [0.2, 0.25) is 5.02 Å². The Morgan fingerprint density at radius 2 is 1.83 bits per heavy atom. The number of anilines is 2. The number of halogens is 1. The van der Waals surface area contributed by atoms with Gasteiger partial charge in [-0.25, -0.2) is 9.97 Å². The van der Waals surface area contributed by atoms with E-state index in [1.165, 1.54) is 0 Å². The van der Waals surface area contributed by atoms with Gasteiger partial charge >= 0.3 is 0 Å². The summed E-state index contributed by atoms with van der Waals surface area (Å²) in [5.74, 6) is 0.551. The molecule has 5 heteroatoms. The van der Waals surface area contributed by atoms with Gasteiger partial charge in [0.05, 0.1) is 10.7 Å². The molecule has 0 saturated carbocycles. The van der Waals surface area contributed by atoms with Gasteiger partial charge in [-0.2, -0.15) is 0 Å². The van der Waals surface area contributed by atoms with Crippen molar-refractivity contribution in [1.82, 2.24) is 15.0 Å². The van der Waals surface area contributed by atoms with Gasteiger partial charge in [-0.1, -0.05) is 35.9 Å². The normalized spacial score (nSPS) is 10.8. The maximum atomic E-state index is 6.34. The number of nitrogens with zero attached hydrogens (tertiary/aromatic N) is 2. The lowest BCUT2D eigenvalue weighted by atomic mass is 10.1. The van der Waals surface area contributed by atoms with Gasteiger partial charge in [-0.15, -0.1) is 0 Å². The number of aromatic nitrogens is 3. The van der Waals surface area contributed by atoms with Crippen molar-refractivity contribution < 1.29 is 0 Å². The van der Waals surface area contributed by atoms with Crippen LogP contribution in [0.25, 0.3) is 22.2 Å². The Hall–Kier alpha value is -2.85. The molecule has 0 radical (unpaired) electrons. The molecular formula is C18H13ClN4. The molecular weight excluding hydrogens is 308 g/mol. The first-order chi connectivity index (χ1) is 11.3. The predicted molar refractivity (Wildman–Crippen MR) is 94.1 cm³/mol. The number of para-hydroxylation sites is 1. The van der Waals surface area contributed by atoms with Crippen molar-refractivity contribution in [3.05, 3.63) is 72.0 Å². The van der Waals surface area contributed by atoms with Crippen molar-refractivity contribution in [2.45, 2.75) is 0 Å². The van der Waals surface area contributed by atoms with Crippen molar-refractivity contribution in [2.75, 3.05) is 5.32 Å². The zero-order chi connectivity index (χ0) is 15.6. The molecule has 0 atom stereocenters. The van der Waals surface area contributed by atoms with Gasteiger partial charge in [0.2, 0.25) is 5.95 Å². The van der Waals surface area contributed by atoms with Gasteiger partial charge in [0.15, 0.2) is 0 Å². The molecule has 0 fully saturated rings. The van der Waals surface area contributed by atoms with Crippen LogP contribution in [0.3, 0.4) is 0 Å². The van der Waals surface area contributed by atoms with E-state index < -0.39 is 0 Å². The van der Waals surface area contributed by atoms with E-state index in [-0.39, 0.29) is 0 Å². The molecule has 0 spiro atoms. The summed E-state index contributed by atoms with van der Waals surface area (Å²) in [5.41, 5.74) is 3.71. The smallest absolute Gasteiger partial charge is 0.227 e. The van der Waals surface area contributed by atoms with Gasteiger partial charge in [-0.05, 0) is 30.3 Å². The second-order valence-electron chi connectivity index (χ2n) is 5.12. The third-order valence-electron chi connectivity index (χ3n) is 3.62. The minimum absolute atomic E-state index is 0.551. The molecule has 0 unspecified atom stereocenters. The topological polar surface area (TPSA) is 53.6 Å². The van der Waals surface area contributed by atoms with Crippen LogP contribution in [0.1, 0.15) is 0 Å². The average molecular weight is 321 g/mol. The summed E-state index contributed by atoms with van der Waals surface area (Å²) in [5, 5.41) is 4.88. The quantitative estimate of drug-likeness (QED) is 0.557. The lowest BCUT2D eigenvalue weighted by Gasteiger charge is -2.06. The van der Waals surface area contributed by atoms with Crippen molar-refractivity contribution >= 4 is 34.1 Å². The molecule has 4 aromatic rings. The van der Waals surface area contributed by atoms with E-state index >= 15 is 0 Å². The van der Waals surface area contributed by atoms with Crippen LogP contribution in [-0.2, 0) is 0 Å². The fraction of sp³-hybridized carbons (Fsp3) is 0. The molecule has 2 aromatic heterocycles. The highest BCUT2D eigenvalue weighted by Gasteiger charge is 2.11. The summed E-state index contributed by atoms with van der Waals surface area (Å²) in [6.07, 6.45) is 3.66. The van der Waals surface area contributed by atoms with Gasteiger partial charge in [0, 0.05) is 34.5 Å². The summed E-state index contributed by atoms with van der Waals surface area (Å²) < 4.78 is 0. The first-order valence-electron chi connectivity index (χ1n) is 7.22. The van der Waals surface area contributed by atoms with Crippen LogP contribution in [0.15, 0.2) is 67.0 Å². The summed E-state index contributed by atoms with van der Waals surface area (Å²) in [7, 11) is 0. The molecule has 4 nitrogen and oxygen atoms in total. The molecule has 4 rings (SSSR count). The molecule has 0 saturated heterocycles. The van der Waals surface area contributed by atoms with E-state index in [1.807, 2.05) is 60.8 Å². The molecule has 0 aliphatic heterocycles. The number of hydrogen-bond acceptors (Lipinski definition) is 3. The van der Waals surface area contributed by atoms with Gasteiger partial charge in [0.25, 0.3) is 0 Å². The van der Waals surface area contributed by atoms with Crippen LogP contribution in [-0.4, -0.2) is 15.0 Å². The maximum absolute atomic E-state index is 6.34. The number of H-pyrrole nitrogens is 1. The van der Waals surface area contributed by atoms with E-state index in [0.29, 0.717) is 11.0 Å². The highest BCUT2D eigenvalue weighted by atomic mass is 35.5. The Morgan fingerprint density at radius 3 is 2.70 bits per heavy atom. The molecule has 2 aromatic carbocycles. The summed E-state index contributed by atoms with van der Waals surface area (Å²) in [6.45, 7) is 0. The maximum Gasteiger partial charge on any atom is 0.227 e. The lowest BCUT2D eigenvalue weighted by Crippen LogP contribution is -1.97. The standard InChI is InChI=1S/C18H13ClN4/c19-14-7-4-8-16-17(14)13(11-21-16)15-9-10-20-18(23-15)22-12-5-2-1-3-6-12/h1-11,21H,(H,20,22,23). The fourth-order valence-electron chi connectivity index (χ4n) is 2.56. The minimum Gasteiger partial charge on any atom is -0.360 e. The molecule has 2 heterocycles. The van der Waals surface area contributed by atoms with E-state index in [1.54, 1.807) is 6.20 Å². The zero-order valence-corrected chi connectivity index (χ0v) is 12.9. The van der Waals surface area contributed by atoms with Gasteiger partial charge < -0.3 is 10.3 Å². The third-order valence-corrected chi connectivity index (χ3v) is 3.93. The first-order valence-corrected chi connectivity index (χ1v) is 7.60. The molecule has 0 aliphatic carbocycles. The summed E-state index contributed by atoms with van der Waals surface area (Å²) >= 11 is 6.34. The van der Waals surface area contributed by atoms with Crippen molar-refractivity contribution in [1.29, 1.82) is 0 Å². The van der Waals surface area contributed by atoms with Crippen molar-refractivity contribution in [3.63, 3.8) is 0 Å². The van der Waals surface area contributed by atoms with E-state index in [0.717, 1.165) is 27.8 Å². The lowest BCUT2D eigenvalue weighted by molar-refractivity contribution is 1.17. The van der Waals surface area contributed by atoms with Gasteiger partial charge in [-0.3, -0.25) is 0 Å². The summed E-state index contributed by atoms with van der Waals surface area (Å²) in [4.78, 5) is 12.1. The van der Waals surface area contributed by atoms with Crippen molar-refractivity contribution in [2.24, 2.45) is 0 Å². The Kier molecular flexibility index (Phi) is 3.44. The number of aromatic amines is 1. The average Bonchev–Trinajstić information content (AvgIpc) is 3.02. The molecule has 0 aliphatic rings. The van der Waals surface area contributed by atoms with Crippen LogP contribution >= 0.6 is 11.6 Å². The molecule has 0 amide bonds. The highest BCUT2D eigenvalue weighted by molar-refractivity contribution is 6.36. The van der Waals surface area contributed by atoms with Crippen LogP contribution in [0.5, 0.6) is 0 Å². The second kappa shape index (κ2) is 5.74. The monoisotopic (exact) mass is 320 g/mol. The Morgan fingerprint density at radius 1 is 0.957 bits per heavy atom. The fourth-order valence-corrected chi connectivity index (χ4v) is 2.84. The number of hydrogen-bond donors (Lipinski definition) is 2. The highest BCUT2D eigenvalue weighted by Crippen LogP contribution is 2.33. The number of benzene rings is 2. The Balaban J connectivity index is 1.76. The molecule has 112 valence electrons. The third kappa shape index (κ3) is 2.64. The first kappa shape index (κ1) is 13.8. The molecule has 0 bridgehead atoms. The van der Waals surface area contributed by atoms with E-state index in [2.05, 4.69) is 20.3 Å². The number of rotatable bonds is 3. The largest absolute Gasteiger partial charge is 0.360 e. The van der Waals surface area contributed by atoms with Crippen LogP contribution < -0.4 is 5.32 Å². The SMILES string of the molecule is Clc1cccc2[nH]cc(-c3ccnc(Nc4ccccc4)n3)c12.